The molecule has 1 aliphatic heterocycles. The van der Waals surface area contributed by atoms with Crippen molar-refractivity contribution in [3.05, 3.63) is 23.8 Å². The fourth-order valence-corrected chi connectivity index (χ4v) is 2.55. The van der Waals surface area contributed by atoms with Gasteiger partial charge in [-0.3, -0.25) is 4.79 Å². The molecule has 1 saturated heterocycles. The Morgan fingerprint density at radius 3 is 3.16 bits per heavy atom. The lowest BCUT2D eigenvalue weighted by Crippen LogP contribution is -2.38. The summed E-state index contributed by atoms with van der Waals surface area (Å²) in [7, 11) is 0. The number of rotatable bonds is 2. The van der Waals surface area contributed by atoms with Gasteiger partial charge in [-0.15, -0.1) is 0 Å². The van der Waals surface area contributed by atoms with Gasteiger partial charge in [0.05, 0.1) is 23.9 Å². The first-order valence-electron chi connectivity index (χ1n) is 6.29. The van der Waals surface area contributed by atoms with E-state index in [0.29, 0.717) is 17.9 Å². The molecule has 0 radical (unpaired) electrons. The minimum Gasteiger partial charge on any atom is -0.394 e. The smallest absolute Gasteiger partial charge is 0.257 e. The molecular formula is C12H15N5O2. The molecule has 0 aliphatic carbocycles. The van der Waals surface area contributed by atoms with Crippen molar-refractivity contribution in [2.45, 2.75) is 25.8 Å². The lowest BCUT2D eigenvalue weighted by Gasteiger charge is -2.23. The van der Waals surface area contributed by atoms with Gasteiger partial charge in [0, 0.05) is 12.7 Å². The minimum atomic E-state index is -0.0982. The summed E-state index contributed by atoms with van der Waals surface area (Å²) in [4.78, 5) is 22.3. The minimum absolute atomic E-state index is 0.00376. The monoisotopic (exact) mass is 261 g/mol. The molecule has 1 aliphatic rings. The van der Waals surface area contributed by atoms with E-state index in [1.807, 2.05) is 6.92 Å². The maximum atomic E-state index is 12.5. The van der Waals surface area contributed by atoms with Gasteiger partial charge in [-0.1, -0.05) is 0 Å². The summed E-state index contributed by atoms with van der Waals surface area (Å²) in [6.45, 7) is 2.50. The Bertz CT molecular complexity index is 624. The first kappa shape index (κ1) is 12.0. The number of carbonyl (C=O) groups is 1. The summed E-state index contributed by atoms with van der Waals surface area (Å²) in [5, 5.41) is 13.4. The predicted octanol–water partition coefficient (Wildman–Crippen LogP) is 0.0296. The fraction of sp³-hybridized carbons (Fsp3) is 0.500. The van der Waals surface area contributed by atoms with Gasteiger partial charge in [0.1, 0.15) is 6.33 Å². The number of fused-ring (bicyclic) bond motifs is 1. The zero-order chi connectivity index (χ0) is 13.4. The molecule has 1 N–H and O–H groups in total. The average Bonchev–Trinajstić information content (AvgIpc) is 3.07. The van der Waals surface area contributed by atoms with E-state index in [1.165, 1.54) is 12.5 Å². The number of aliphatic hydroxyl groups excluding tert-OH is 1. The first-order chi connectivity index (χ1) is 9.22. The van der Waals surface area contributed by atoms with E-state index in [-0.39, 0.29) is 18.6 Å². The fourth-order valence-electron chi connectivity index (χ4n) is 2.55. The van der Waals surface area contributed by atoms with Gasteiger partial charge in [-0.2, -0.15) is 10.1 Å². The Morgan fingerprint density at radius 1 is 1.53 bits per heavy atom. The standard InChI is InChI=1S/C12H15N5O2/c1-8-10(5-13-12-14-7-15-17(8)12)11(19)16-4-2-3-9(16)6-18/h5,7,9,18H,2-4,6H2,1H3/t9-/m1/s1. The van der Waals surface area contributed by atoms with E-state index in [0.717, 1.165) is 18.5 Å². The molecule has 7 nitrogen and oxygen atoms in total. The lowest BCUT2D eigenvalue weighted by atomic mass is 10.2. The third-order valence-corrected chi connectivity index (χ3v) is 3.63. The molecule has 7 heteroatoms. The van der Waals surface area contributed by atoms with Crippen LogP contribution in [-0.2, 0) is 0 Å². The van der Waals surface area contributed by atoms with E-state index < -0.39 is 0 Å². The summed E-state index contributed by atoms with van der Waals surface area (Å²) in [6, 6.07) is -0.0849. The number of hydrogen-bond donors (Lipinski definition) is 1. The second kappa shape index (κ2) is 4.58. The number of aliphatic hydroxyl groups is 1. The molecular weight excluding hydrogens is 246 g/mol. The number of aryl methyl sites for hydroxylation is 1. The van der Waals surface area contributed by atoms with E-state index >= 15 is 0 Å². The average molecular weight is 261 g/mol. The summed E-state index contributed by atoms with van der Waals surface area (Å²) < 4.78 is 1.55. The molecule has 1 fully saturated rings. The molecule has 0 aromatic carbocycles. The van der Waals surface area contributed by atoms with Crippen LogP contribution in [0.2, 0.25) is 0 Å². The molecule has 19 heavy (non-hydrogen) atoms. The quantitative estimate of drug-likeness (QED) is 0.824. The van der Waals surface area contributed by atoms with Crippen molar-refractivity contribution in [2.24, 2.45) is 0 Å². The molecule has 100 valence electrons. The van der Waals surface area contributed by atoms with Crippen molar-refractivity contribution in [3.63, 3.8) is 0 Å². The Hall–Kier alpha value is -2.02. The maximum Gasteiger partial charge on any atom is 0.257 e. The summed E-state index contributed by atoms with van der Waals surface area (Å²) in [5.74, 6) is 0.383. The van der Waals surface area contributed by atoms with Gasteiger partial charge in [0.15, 0.2) is 0 Å². The zero-order valence-electron chi connectivity index (χ0n) is 10.7. The van der Waals surface area contributed by atoms with Crippen molar-refractivity contribution >= 4 is 11.7 Å². The third-order valence-electron chi connectivity index (χ3n) is 3.63. The van der Waals surface area contributed by atoms with Crippen molar-refractivity contribution in [2.75, 3.05) is 13.2 Å². The topological polar surface area (TPSA) is 83.6 Å². The largest absolute Gasteiger partial charge is 0.394 e. The molecule has 2 aromatic heterocycles. The molecule has 2 aromatic rings. The second-order valence-electron chi connectivity index (χ2n) is 4.71. The number of nitrogens with zero attached hydrogens (tertiary/aromatic N) is 5. The number of carbonyl (C=O) groups excluding carboxylic acids is 1. The molecule has 3 rings (SSSR count). The van der Waals surface area contributed by atoms with Crippen LogP contribution in [-0.4, -0.2) is 54.7 Å². The predicted molar refractivity (Wildman–Crippen MR) is 66.7 cm³/mol. The summed E-state index contributed by atoms with van der Waals surface area (Å²) >= 11 is 0. The van der Waals surface area contributed by atoms with Crippen LogP contribution in [0.5, 0.6) is 0 Å². The van der Waals surface area contributed by atoms with Crippen molar-refractivity contribution in [1.29, 1.82) is 0 Å². The van der Waals surface area contributed by atoms with Gasteiger partial charge < -0.3 is 10.0 Å². The highest BCUT2D eigenvalue weighted by Gasteiger charge is 2.30. The van der Waals surface area contributed by atoms with Crippen LogP contribution in [0.25, 0.3) is 5.78 Å². The molecule has 0 bridgehead atoms. The van der Waals surface area contributed by atoms with Gasteiger partial charge in [0.25, 0.3) is 11.7 Å². The van der Waals surface area contributed by atoms with Crippen molar-refractivity contribution in [1.82, 2.24) is 24.5 Å². The van der Waals surface area contributed by atoms with Gasteiger partial charge in [-0.05, 0) is 19.8 Å². The number of aromatic nitrogens is 4. The Labute approximate surface area is 109 Å². The third kappa shape index (κ3) is 1.86. The van der Waals surface area contributed by atoms with E-state index in [9.17, 15) is 9.90 Å². The Kier molecular flexibility index (Phi) is 2.90. The highest BCUT2D eigenvalue weighted by Crippen LogP contribution is 2.20. The molecule has 0 spiro atoms. The molecule has 0 unspecified atom stereocenters. The SMILES string of the molecule is Cc1c(C(=O)N2CCC[C@@H]2CO)cnc2ncnn12. The van der Waals surface area contributed by atoms with Crippen LogP contribution < -0.4 is 0 Å². The van der Waals surface area contributed by atoms with Crippen LogP contribution in [0.1, 0.15) is 28.9 Å². The maximum absolute atomic E-state index is 12.5. The second-order valence-corrected chi connectivity index (χ2v) is 4.71. The normalized spacial score (nSPS) is 19.3. The van der Waals surface area contributed by atoms with Crippen LogP contribution in [0.3, 0.4) is 0 Å². The van der Waals surface area contributed by atoms with Crippen LogP contribution in [0, 0.1) is 6.92 Å². The van der Waals surface area contributed by atoms with E-state index in [2.05, 4.69) is 15.1 Å². The Morgan fingerprint density at radius 2 is 2.37 bits per heavy atom. The Balaban J connectivity index is 1.99. The summed E-state index contributed by atoms with van der Waals surface area (Å²) in [5.41, 5.74) is 1.23. The number of amides is 1. The highest BCUT2D eigenvalue weighted by molar-refractivity contribution is 5.95. The molecule has 0 saturated carbocycles. The lowest BCUT2D eigenvalue weighted by molar-refractivity contribution is 0.0675. The number of likely N-dealkylation sites (tertiary alicyclic amines) is 1. The van der Waals surface area contributed by atoms with Crippen molar-refractivity contribution in [3.8, 4) is 0 Å². The van der Waals surface area contributed by atoms with E-state index in [1.54, 1.807) is 9.42 Å². The first-order valence-corrected chi connectivity index (χ1v) is 6.29. The molecule has 3 heterocycles. The van der Waals surface area contributed by atoms with Crippen LogP contribution in [0.15, 0.2) is 12.5 Å². The summed E-state index contributed by atoms with van der Waals surface area (Å²) in [6.07, 6.45) is 4.72. The van der Waals surface area contributed by atoms with E-state index in [4.69, 9.17) is 0 Å². The molecule has 1 atom stereocenters. The van der Waals surface area contributed by atoms with Gasteiger partial charge in [0.2, 0.25) is 0 Å². The molecule has 1 amide bonds. The highest BCUT2D eigenvalue weighted by atomic mass is 16.3. The van der Waals surface area contributed by atoms with Crippen LogP contribution in [0.4, 0.5) is 0 Å². The van der Waals surface area contributed by atoms with Crippen LogP contribution >= 0.6 is 0 Å². The van der Waals surface area contributed by atoms with Gasteiger partial charge in [-0.25, -0.2) is 9.50 Å². The zero-order valence-corrected chi connectivity index (χ0v) is 10.7. The number of hydrogen-bond acceptors (Lipinski definition) is 5. The van der Waals surface area contributed by atoms with Gasteiger partial charge >= 0.3 is 0 Å². The van der Waals surface area contributed by atoms with Crippen molar-refractivity contribution < 1.29 is 9.90 Å².